The van der Waals surface area contributed by atoms with E-state index in [-0.39, 0.29) is 43.2 Å². The fraction of sp³-hybridized carbons (Fsp3) is 0.290. The van der Waals surface area contributed by atoms with E-state index in [0.29, 0.717) is 0 Å². The molecule has 0 nitrogen and oxygen atoms in total. The molecular formula is C31H41P3Rh. The molecule has 0 amide bonds. The molecule has 0 aromatic heterocycles. The number of hydrogen-bond donors (Lipinski definition) is 0. The maximum Gasteiger partial charge on any atom is 0 e. The molecule has 4 heteroatoms. The Labute approximate surface area is 231 Å². The fourth-order valence-electron chi connectivity index (χ4n) is 3.51. The summed E-state index contributed by atoms with van der Waals surface area (Å²) >= 11 is 0. The Morgan fingerprint density at radius 3 is 0.771 bits per heavy atom. The number of benzene rings is 3. The molecule has 0 N–H and O–H groups in total. The minimum Gasteiger partial charge on any atom is -0.0817 e. The summed E-state index contributed by atoms with van der Waals surface area (Å²) in [6, 6.07) is 31.9. The van der Waals surface area contributed by atoms with Crippen molar-refractivity contribution < 1.29 is 19.5 Å². The van der Waals surface area contributed by atoms with Crippen molar-refractivity contribution >= 4 is 39.7 Å². The molecule has 0 saturated carbocycles. The molecule has 189 valence electrons. The van der Waals surface area contributed by atoms with Crippen LogP contribution >= 0.6 is 23.8 Å². The van der Waals surface area contributed by atoms with E-state index in [0.717, 1.165) is 11.8 Å². The van der Waals surface area contributed by atoms with Gasteiger partial charge < -0.3 is 0 Å². The quantitative estimate of drug-likeness (QED) is 0.161. The Hall–Kier alpha value is -0.947. The zero-order valence-corrected chi connectivity index (χ0v) is 26.3. The number of allylic oxidation sites excluding steroid dienone is 4. The van der Waals surface area contributed by atoms with Crippen molar-refractivity contribution in [1.29, 1.82) is 0 Å². The van der Waals surface area contributed by atoms with Gasteiger partial charge in [0.05, 0.1) is 0 Å². The maximum absolute atomic E-state index is 2.30. The third-order valence-corrected chi connectivity index (χ3v) is 9.57. The third kappa shape index (κ3) is 13.2. The molecule has 2 aliphatic rings. The van der Waals surface area contributed by atoms with Crippen LogP contribution in [0.2, 0.25) is 0 Å². The van der Waals surface area contributed by atoms with Gasteiger partial charge in [0.25, 0.3) is 0 Å². The molecule has 35 heavy (non-hydrogen) atoms. The van der Waals surface area contributed by atoms with E-state index < -0.39 is 0 Å². The Morgan fingerprint density at radius 2 is 0.657 bits per heavy atom. The Morgan fingerprint density at radius 1 is 0.429 bits per heavy atom. The summed E-state index contributed by atoms with van der Waals surface area (Å²) in [5.41, 5.74) is 0. The van der Waals surface area contributed by atoms with Crippen molar-refractivity contribution in [2.45, 2.75) is 6.42 Å². The van der Waals surface area contributed by atoms with Crippen LogP contribution in [-0.4, -0.2) is 40.0 Å². The minimum atomic E-state index is 0. The normalized spacial score (nSPS) is 16.5. The summed E-state index contributed by atoms with van der Waals surface area (Å²) in [5, 5.41) is 4.44. The van der Waals surface area contributed by atoms with Gasteiger partial charge in [0.1, 0.15) is 0 Å². The summed E-state index contributed by atoms with van der Waals surface area (Å²) in [6.07, 6.45) is 10.5. The van der Waals surface area contributed by atoms with Gasteiger partial charge >= 0.3 is 0 Å². The molecule has 0 aliphatic heterocycles. The van der Waals surface area contributed by atoms with E-state index >= 15 is 0 Å². The molecule has 5 rings (SSSR count). The van der Waals surface area contributed by atoms with E-state index in [9.17, 15) is 0 Å². The van der Waals surface area contributed by atoms with Crippen LogP contribution in [0.15, 0.2) is 115 Å². The van der Waals surface area contributed by atoms with Gasteiger partial charge in [-0.2, -0.15) is 0 Å². The van der Waals surface area contributed by atoms with Gasteiger partial charge in [0, 0.05) is 19.5 Å². The van der Waals surface area contributed by atoms with Gasteiger partial charge in [0.2, 0.25) is 0 Å². The van der Waals surface area contributed by atoms with E-state index in [4.69, 9.17) is 0 Å². The van der Waals surface area contributed by atoms with Crippen LogP contribution in [-0.2, 0) is 19.5 Å². The molecule has 1 radical (unpaired) electrons. The van der Waals surface area contributed by atoms with Crippen LogP contribution in [0.25, 0.3) is 0 Å². The van der Waals surface area contributed by atoms with Gasteiger partial charge in [0.15, 0.2) is 0 Å². The summed E-state index contributed by atoms with van der Waals surface area (Å²) in [4.78, 5) is 0. The van der Waals surface area contributed by atoms with Crippen LogP contribution < -0.4 is 15.9 Å². The van der Waals surface area contributed by atoms with Gasteiger partial charge in [-0.05, 0) is 74.2 Å². The molecule has 3 aromatic rings. The second-order valence-corrected chi connectivity index (χ2v) is 15.9. The van der Waals surface area contributed by atoms with E-state index in [1.807, 2.05) is 0 Å². The van der Waals surface area contributed by atoms with Crippen LogP contribution in [0.1, 0.15) is 6.42 Å². The molecule has 0 saturated heterocycles. The zero-order chi connectivity index (χ0) is 24.8. The van der Waals surface area contributed by atoms with E-state index in [2.05, 4.69) is 155 Å². The largest absolute Gasteiger partial charge is 0.0817 e. The smallest absolute Gasteiger partial charge is 0 e. The zero-order valence-electron chi connectivity index (χ0n) is 22.0. The first-order valence-corrected chi connectivity index (χ1v) is 18.6. The molecule has 3 aromatic carbocycles. The molecule has 0 spiro atoms. The second-order valence-electron chi connectivity index (χ2n) is 9.02. The molecule has 2 bridgehead atoms. The Kier molecular flexibility index (Phi) is 16.8. The average Bonchev–Trinajstić information content (AvgIpc) is 3.53. The first-order valence-electron chi connectivity index (χ1n) is 11.9. The predicted octanol–water partition coefficient (Wildman–Crippen LogP) is 7.91. The summed E-state index contributed by atoms with van der Waals surface area (Å²) < 4.78 is 0. The predicted molar refractivity (Wildman–Crippen MR) is 164 cm³/mol. The van der Waals surface area contributed by atoms with E-state index in [1.54, 1.807) is 0 Å². The van der Waals surface area contributed by atoms with Crippen LogP contribution in [0, 0.1) is 11.8 Å². The van der Waals surface area contributed by atoms with Crippen molar-refractivity contribution in [3.63, 3.8) is 0 Å². The van der Waals surface area contributed by atoms with Crippen LogP contribution in [0.5, 0.6) is 0 Å². The van der Waals surface area contributed by atoms with Crippen molar-refractivity contribution in [1.82, 2.24) is 0 Å². The van der Waals surface area contributed by atoms with Crippen LogP contribution in [0.4, 0.5) is 0 Å². The van der Waals surface area contributed by atoms with Crippen molar-refractivity contribution in [3.8, 4) is 0 Å². The standard InChI is InChI=1S/3C8H11P.C7H8.Rh/c3*1-9(2)8-6-4-3-5-7-8;1-2-7-4-3-6(1)5-7;/h3*3-7H,1-2H3;1-4,6-7H,5H2;. The topological polar surface area (TPSA) is 0 Å². The van der Waals surface area contributed by atoms with Crippen molar-refractivity contribution in [2.75, 3.05) is 40.0 Å². The van der Waals surface area contributed by atoms with Gasteiger partial charge in [-0.3, -0.25) is 0 Å². The average molecular weight is 609 g/mol. The summed E-state index contributed by atoms with van der Waals surface area (Å²) in [7, 11) is 0.313. The van der Waals surface area contributed by atoms with Gasteiger partial charge in [-0.1, -0.05) is 139 Å². The summed E-state index contributed by atoms with van der Waals surface area (Å²) in [5.74, 6) is 1.62. The third-order valence-electron chi connectivity index (χ3n) is 5.57. The molecule has 0 unspecified atom stereocenters. The number of fused-ring (bicyclic) bond motifs is 2. The van der Waals surface area contributed by atoms with Gasteiger partial charge in [-0.25, -0.2) is 0 Å². The molecular weight excluding hydrogens is 568 g/mol. The Balaban J connectivity index is 0.000000232. The maximum atomic E-state index is 2.30. The first kappa shape index (κ1) is 32.1. The number of rotatable bonds is 3. The Bertz CT molecular complexity index is 836. The van der Waals surface area contributed by atoms with Crippen molar-refractivity contribution in [2.24, 2.45) is 11.8 Å². The minimum absolute atomic E-state index is 0. The summed E-state index contributed by atoms with van der Waals surface area (Å²) in [6.45, 7) is 13.6. The first-order chi connectivity index (χ1) is 16.4. The molecule has 0 heterocycles. The van der Waals surface area contributed by atoms with Crippen LogP contribution in [0.3, 0.4) is 0 Å². The van der Waals surface area contributed by atoms with Gasteiger partial charge in [-0.15, -0.1) is 0 Å². The fourth-order valence-corrected chi connectivity index (χ4v) is 5.81. The van der Waals surface area contributed by atoms with Crippen molar-refractivity contribution in [3.05, 3.63) is 115 Å². The SMILES string of the molecule is C1=CC2C=CC1C2.CP(C)c1ccccc1.CP(C)c1ccccc1.CP(C)c1ccccc1.[Rh]. The monoisotopic (exact) mass is 609 g/mol. The van der Waals surface area contributed by atoms with E-state index in [1.165, 1.54) is 22.3 Å². The molecule has 0 atom stereocenters. The molecule has 0 fully saturated rings. The molecule has 2 aliphatic carbocycles. The second kappa shape index (κ2) is 18.3. The number of hydrogen-bond acceptors (Lipinski definition) is 0.